The highest BCUT2D eigenvalue weighted by Crippen LogP contribution is 2.20. The average Bonchev–Trinajstić information content (AvgIpc) is 2.61. The number of carbonyl (C=O) groups excluding carboxylic acids is 3. The second-order valence-electron chi connectivity index (χ2n) is 6.77. The van der Waals surface area contributed by atoms with Gasteiger partial charge in [-0.3, -0.25) is 14.4 Å². The Balaban J connectivity index is 1.83. The Morgan fingerprint density at radius 3 is 2.17 bits per heavy atom. The van der Waals surface area contributed by atoms with E-state index in [0.717, 1.165) is 25.9 Å². The van der Waals surface area contributed by atoms with E-state index in [9.17, 15) is 14.4 Å². The topological polar surface area (TPSA) is 70.2 Å². The number of nitrogens with zero attached hydrogens (tertiary/aromatic N) is 3. The van der Waals surface area contributed by atoms with E-state index in [4.69, 9.17) is 4.74 Å². The van der Waals surface area contributed by atoms with Gasteiger partial charge in [-0.25, -0.2) is 0 Å². The molecule has 0 bridgehead atoms. The van der Waals surface area contributed by atoms with Gasteiger partial charge in [0.25, 0.3) is 0 Å². The molecule has 0 radical (unpaired) electrons. The summed E-state index contributed by atoms with van der Waals surface area (Å²) < 4.78 is 5.03. The van der Waals surface area contributed by atoms with Crippen LogP contribution in [0.4, 0.5) is 0 Å². The van der Waals surface area contributed by atoms with Gasteiger partial charge in [-0.2, -0.15) is 0 Å². The predicted octanol–water partition coefficient (Wildman–Crippen LogP) is 0.341. The maximum absolute atomic E-state index is 12.5. The summed E-state index contributed by atoms with van der Waals surface area (Å²) in [5.74, 6) is -1.23. The summed E-state index contributed by atoms with van der Waals surface area (Å²) in [4.78, 5) is 42.1. The van der Waals surface area contributed by atoms with Crippen molar-refractivity contribution in [2.75, 3.05) is 46.9 Å². The molecule has 0 atom stereocenters. The van der Waals surface area contributed by atoms with E-state index in [1.807, 2.05) is 0 Å². The van der Waals surface area contributed by atoms with Gasteiger partial charge in [-0.1, -0.05) is 0 Å². The molecule has 0 aliphatic carbocycles. The van der Waals surface area contributed by atoms with Gasteiger partial charge < -0.3 is 19.4 Å². The van der Waals surface area contributed by atoms with Crippen LogP contribution in [0.2, 0.25) is 0 Å². The number of carbonyl (C=O) groups is 3. The molecule has 0 aromatic carbocycles. The van der Waals surface area contributed by atoms with Crippen LogP contribution in [0.5, 0.6) is 0 Å². The maximum atomic E-state index is 12.5. The minimum atomic E-state index is -0.446. The summed E-state index contributed by atoms with van der Waals surface area (Å²) in [5.41, 5.74) is 0. The lowest BCUT2D eigenvalue weighted by molar-refractivity contribution is -0.156. The predicted molar refractivity (Wildman–Crippen MR) is 89.2 cm³/mol. The van der Waals surface area contributed by atoms with E-state index >= 15 is 0 Å². The molecule has 2 aliphatic rings. The van der Waals surface area contributed by atoms with Crippen molar-refractivity contribution in [3.05, 3.63) is 0 Å². The van der Waals surface area contributed by atoms with Crippen LogP contribution in [0, 0.1) is 5.92 Å². The minimum Gasteiger partial charge on any atom is -0.466 e. The van der Waals surface area contributed by atoms with Gasteiger partial charge in [-0.15, -0.1) is 0 Å². The van der Waals surface area contributed by atoms with Gasteiger partial charge >= 0.3 is 17.8 Å². The molecule has 0 aromatic heterocycles. The molecule has 2 aliphatic heterocycles. The molecule has 2 rings (SSSR count). The molecule has 0 N–H and O–H groups in total. The molecule has 7 nitrogen and oxygen atoms in total. The molecule has 7 heteroatoms. The zero-order valence-corrected chi connectivity index (χ0v) is 15.0. The summed E-state index contributed by atoms with van der Waals surface area (Å²) in [6.07, 6.45) is 2.93. The monoisotopic (exact) mass is 339 g/mol. The maximum Gasteiger partial charge on any atom is 0.312 e. The number of hydrogen-bond donors (Lipinski definition) is 0. The van der Waals surface area contributed by atoms with Crippen molar-refractivity contribution >= 4 is 17.8 Å². The minimum absolute atomic E-state index is 0.134. The van der Waals surface area contributed by atoms with Crippen LogP contribution in [-0.4, -0.2) is 85.4 Å². The lowest BCUT2D eigenvalue weighted by Crippen LogP contribution is -2.52. The van der Waals surface area contributed by atoms with Gasteiger partial charge in [0, 0.05) is 26.2 Å². The number of likely N-dealkylation sites (tertiary alicyclic amines) is 2. The van der Waals surface area contributed by atoms with Gasteiger partial charge in [0.2, 0.25) is 0 Å². The van der Waals surface area contributed by atoms with Gasteiger partial charge in [0.15, 0.2) is 0 Å². The largest absolute Gasteiger partial charge is 0.466 e. The van der Waals surface area contributed by atoms with Crippen LogP contribution in [0.15, 0.2) is 0 Å². The Morgan fingerprint density at radius 1 is 1.04 bits per heavy atom. The highest BCUT2D eigenvalue weighted by atomic mass is 16.5. The third-order valence-electron chi connectivity index (χ3n) is 5.14. The first-order chi connectivity index (χ1) is 11.4. The van der Waals surface area contributed by atoms with E-state index in [1.165, 1.54) is 0 Å². The molecule has 2 saturated heterocycles. The van der Waals surface area contributed by atoms with Crippen molar-refractivity contribution in [3.8, 4) is 0 Å². The summed E-state index contributed by atoms with van der Waals surface area (Å²) in [5, 5.41) is 0. The third kappa shape index (κ3) is 4.47. The van der Waals surface area contributed by atoms with Crippen molar-refractivity contribution in [2.24, 2.45) is 5.92 Å². The molecular formula is C17H29N3O4. The molecule has 24 heavy (non-hydrogen) atoms. The zero-order chi connectivity index (χ0) is 17.7. The van der Waals surface area contributed by atoms with Crippen molar-refractivity contribution in [2.45, 2.75) is 38.6 Å². The number of piperidine rings is 2. The molecule has 0 unspecified atom stereocenters. The number of amides is 2. The molecular weight excluding hydrogens is 310 g/mol. The number of likely N-dealkylation sites (N-methyl/N-ethyl adjacent to an activating group) is 1. The first-order valence-corrected chi connectivity index (χ1v) is 8.85. The quantitative estimate of drug-likeness (QED) is 0.548. The summed E-state index contributed by atoms with van der Waals surface area (Å²) in [6.45, 7) is 4.93. The van der Waals surface area contributed by atoms with Crippen molar-refractivity contribution in [1.82, 2.24) is 14.7 Å². The van der Waals surface area contributed by atoms with Crippen molar-refractivity contribution in [3.63, 3.8) is 0 Å². The number of hydrogen-bond acceptors (Lipinski definition) is 5. The van der Waals surface area contributed by atoms with E-state index in [0.29, 0.717) is 32.5 Å². The Kier molecular flexibility index (Phi) is 6.60. The van der Waals surface area contributed by atoms with Crippen LogP contribution < -0.4 is 0 Å². The van der Waals surface area contributed by atoms with Crippen LogP contribution in [-0.2, 0) is 19.1 Å². The van der Waals surface area contributed by atoms with Gasteiger partial charge in [0.05, 0.1) is 12.5 Å². The van der Waals surface area contributed by atoms with E-state index < -0.39 is 11.8 Å². The fourth-order valence-electron chi connectivity index (χ4n) is 3.41. The van der Waals surface area contributed by atoms with E-state index in [2.05, 4.69) is 11.9 Å². The first-order valence-electron chi connectivity index (χ1n) is 8.85. The van der Waals surface area contributed by atoms with Crippen LogP contribution in [0.3, 0.4) is 0 Å². The van der Waals surface area contributed by atoms with E-state index in [-0.39, 0.29) is 17.9 Å². The first kappa shape index (κ1) is 18.7. The molecule has 2 fully saturated rings. The second-order valence-corrected chi connectivity index (χ2v) is 6.77. The smallest absolute Gasteiger partial charge is 0.312 e. The number of ether oxygens (including phenoxy) is 1. The lowest BCUT2D eigenvalue weighted by Gasteiger charge is -2.36. The Labute approximate surface area is 143 Å². The SMILES string of the molecule is CCOC(=O)C1CCN(C(=O)C(=O)N(C)C2CCN(C)CC2)CC1. The highest BCUT2D eigenvalue weighted by molar-refractivity contribution is 6.34. The fraction of sp³-hybridized carbons (Fsp3) is 0.824. The van der Waals surface area contributed by atoms with Crippen molar-refractivity contribution < 1.29 is 19.1 Å². The Bertz CT molecular complexity index is 466. The van der Waals surface area contributed by atoms with Gasteiger partial charge in [0.1, 0.15) is 0 Å². The average molecular weight is 339 g/mol. The zero-order valence-electron chi connectivity index (χ0n) is 15.0. The summed E-state index contributed by atoms with van der Waals surface area (Å²) in [7, 11) is 3.79. The molecule has 0 spiro atoms. The van der Waals surface area contributed by atoms with Crippen molar-refractivity contribution in [1.29, 1.82) is 0 Å². The molecule has 0 aromatic rings. The van der Waals surface area contributed by atoms with Gasteiger partial charge in [-0.05, 0) is 52.7 Å². The lowest BCUT2D eigenvalue weighted by atomic mass is 9.97. The molecule has 136 valence electrons. The summed E-state index contributed by atoms with van der Waals surface area (Å²) in [6, 6.07) is 0.134. The third-order valence-corrected chi connectivity index (χ3v) is 5.14. The Morgan fingerprint density at radius 2 is 1.62 bits per heavy atom. The normalized spacial score (nSPS) is 20.7. The Hall–Kier alpha value is -1.63. The molecule has 2 amide bonds. The standard InChI is InChI=1S/C17H29N3O4/c1-4-24-17(23)13-5-11-20(12-6-13)16(22)15(21)19(3)14-7-9-18(2)10-8-14/h13-14H,4-12H2,1-3H3. The van der Waals surface area contributed by atoms with E-state index in [1.54, 1.807) is 23.8 Å². The molecule has 2 heterocycles. The summed E-state index contributed by atoms with van der Waals surface area (Å²) >= 11 is 0. The number of esters is 1. The molecule has 0 saturated carbocycles. The fourth-order valence-corrected chi connectivity index (χ4v) is 3.41. The van der Waals surface area contributed by atoms with Crippen LogP contribution in [0.1, 0.15) is 32.6 Å². The highest BCUT2D eigenvalue weighted by Gasteiger charge is 2.34. The second kappa shape index (κ2) is 8.46. The van der Waals surface area contributed by atoms with Crippen LogP contribution in [0.25, 0.3) is 0 Å². The number of rotatable bonds is 3. The van der Waals surface area contributed by atoms with Crippen LogP contribution >= 0.6 is 0 Å².